The average molecular weight is 218 g/mol. The van der Waals surface area contributed by atoms with E-state index in [-0.39, 0.29) is 6.61 Å². The zero-order chi connectivity index (χ0) is 10.7. The predicted molar refractivity (Wildman–Crippen MR) is 46.4 cm³/mol. The molecule has 6 heteroatoms. The summed E-state index contributed by atoms with van der Waals surface area (Å²) in [5, 5.41) is 8.71. The smallest absolute Gasteiger partial charge is 0.338 e. The Labute approximate surface area is 86.9 Å². The fourth-order valence-corrected chi connectivity index (χ4v) is 1.76. The van der Waals surface area contributed by atoms with Crippen LogP contribution in [0.5, 0.6) is 0 Å². The van der Waals surface area contributed by atoms with E-state index in [0.717, 1.165) is 19.3 Å². The van der Waals surface area contributed by atoms with Crippen LogP contribution in [0, 0.1) is 0 Å². The minimum Gasteiger partial charge on any atom is -0.479 e. The van der Waals surface area contributed by atoms with Gasteiger partial charge in [-0.1, -0.05) is 6.42 Å². The van der Waals surface area contributed by atoms with Crippen molar-refractivity contribution < 1.29 is 29.5 Å². The number of hydrogen-bond donors (Lipinski definition) is 1. The molecule has 1 heterocycles. The first-order chi connectivity index (χ1) is 7.22. The molecule has 1 atom stereocenters. The fourth-order valence-electron chi connectivity index (χ4n) is 1.76. The number of carbonyl (C=O) groups is 1. The lowest BCUT2D eigenvalue weighted by atomic mass is 9.94. The SMILES string of the molecule is O=C(O)C1COOC2(CCCCC2)OO1. The Bertz CT molecular complexity index is 235. The second-order valence-electron chi connectivity index (χ2n) is 3.85. The zero-order valence-electron chi connectivity index (χ0n) is 8.31. The molecule has 1 saturated carbocycles. The van der Waals surface area contributed by atoms with Gasteiger partial charge in [0.05, 0.1) is 0 Å². The minimum absolute atomic E-state index is 0.156. The lowest BCUT2D eigenvalue weighted by Gasteiger charge is -2.31. The van der Waals surface area contributed by atoms with Gasteiger partial charge < -0.3 is 5.11 Å². The zero-order valence-corrected chi connectivity index (χ0v) is 8.31. The molecular formula is C9H14O6. The lowest BCUT2D eigenvalue weighted by molar-refractivity contribution is -0.487. The third kappa shape index (κ3) is 2.46. The summed E-state index contributed by atoms with van der Waals surface area (Å²) < 4.78 is 0. The molecular weight excluding hydrogens is 204 g/mol. The van der Waals surface area contributed by atoms with E-state index in [4.69, 9.17) is 24.7 Å². The van der Waals surface area contributed by atoms with Crippen molar-refractivity contribution >= 4 is 5.97 Å². The standard InChI is InChI=1S/C9H14O6/c10-8(11)7-6-12-14-9(15-13-7)4-2-1-3-5-9/h7H,1-6H2,(H,10,11). The molecule has 86 valence electrons. The number of carboxylic acid groups (broad SMARTS) is 1. The van der Waals surface area contributed by atoms with Crippen molar-refractivity contribution in [3.8, 4) is 0 Å². The van der Waals surface area contributed by atoms with Crippen LogP contribution < -0.4 is 0 Å². The van der Waals surface area contributed by atoms with Crippen LogP contribution in [0.4, 0.5) is 0 Å². The summed E-state index contributed by atoms with van der Waals surface area (Å²) in [6.45, 7) is -0.156. The Morgan fingerprint density at radius 3 is 2.60 bits per heavy atom. The first-order valence-corrected chi connectivity index (χ1v) is 5.10. The van der Waals surface area contributed by atoms with Crippen LogP contribution in [0.2, 0.25) is 0 Å². The predicted octanol–water partition coefficient (Wildman–Crippen LogP) is 1.01. The number of aliphatic carboxylic acids is 1. The maximum Gasteiger partial charge on any atom is 0.338 e. The van der Waals surface area contributed by atoms with Crippen LogP contribution >= 0.6 is 0 Å². The van der Waals surface area contributed by atoms with Crippen LogP contribution in [0.15, 0.2) is 0 Å². The molecule has 2 fully saturated rings. The van der Waals surface area contributed by atoms with E-state index in [2.05, 4.69) is 0 Å². The lowest BCUT2D eigenvalue weighted by Crippen LogP contribution is -2.37. The van der Waals surface area contributed by atoms with Crippen LogP contribution in [-0.4, -0.2) is 29.6 Å². The van der Waals surface area contributed by atoms with Gasteiger partial charge in [0, 0.05) is 12.8 Å². The summed E-state index contributed by atoms with van der Waals surface area (Å²) in [4.78, 5) is 30.5. The van der Waals surface area contributed by atoms with Gasteiger partial charge >= 0.3 is 5.97 Å². The van der Waals surface area contributed by atoms with E-state index >= 15 is 0 Å². The van der Waals surface area contributed by atoms with Gasteiger partial charge in [-0.25, -0.2) is 14.6 Å². The Hall–Kier alpha value is -0.690. The van der Waals surface area contributed by atoms with E-state index < -0.39 is 17.9 Å². The average Bonchev–Trinajstić information content (AvgIpc) is 2.43. The van der Waals surface area contributed by atoms with E-state index in [1.807, 2.05) is 0 Å². The topological polar surface area (TPSA) is 74.2 Å². The highest BCUT2D eigenvalue weighted by atomic mass is 17.3. The molecule has 1 unspecified atom stereocenters. The van der Waals surface area contributed by atoms with Crippen molar-refractivity contribution in [3.63, 3.8) is 0 Å². The highest BCUT2D eigenvalue weighted by Crippen LogP contribution is 2.34. The van der Waals surface area contributed by atoms with Crippen LogP contribution in [0.3, 0.4) is 0 Å². The van der Waals surface area contributed by atoms with Crippen molar-refractivity contribution in [2.75, 3.05) is 6.61 Å². The van der Waals surface area contributed by atoms with Crippen molar-refractivity contribution in [2.45, 2.75) is 44.0 Å². The van der Waals surface area contributed by atoms with E-state index in [0.29, 0.717) is 12.8 Å². The summed E-state index contributed by atoms with van der Waals surface area (Å²) >= 11 is 0. The third-order valence-corrected chi connectivity index (χ3v) is 2.64. The monoisotopic (exact) mass is 218 g/mol. The number of rotatable bonds is 1. The molecule has 0 aromatic rings. The molecule has 0 radical (unpaired) electrons. The van der Waals surface area contributed by atoms with Crippen molar-refractivity contribution in [2.24, 2.45) is 0 Å². The first kappa shape index (κ1) is 10.8. The Kier molecular flexibility index (Phi) is 3.20. The molecule has 1 aliphatic heterocycles. The molecule has 0 aromatic heterocycles. The van der Waals surface area contributed by atoms with Gasteiger partial charge in [0.15, 0.2) is 0 Å². The van der Waals surface area contributed by atoms with Crippen molar-refractivity contribution in [1.29, 1.82) is 0 Å². The van der Waals surface area contributed by atoms with Gasteiger partial charge in [-0.05, 0) is 12.8 Å². The highest BCUT2D eigenvalue weighted by molar-refractivity contribution is 5.72. The second kappa shape index (κ2) is 4.44. The molecule has 0 aromatic carbocycles. The summed E-state index contributed by atoms with van der Waals surface area (Å²) in [5.74, 6) is -2.02. The maximum absolute atomic E-state index is 10.6. The fraction of sp³-hybridized carbons (Fsp3) is 0.889. The van der Waals surface area contributed by atoms with Gasteiger partial charge in [0.25, 0.3) is 0 Å². The molecule has 1 spiro atoms. The van der Waals surface area contributed by atoms with Crippen molar-refractivity contribution in [3.05, 3.63) is 0 Å². The van der Waals surface area contributed by atoms with Gasteiger partial charge in [0.2, 0.25) is 11.9 Å². The van der Waals surface area contributed by atoms with Crippen LogP contribution in [-0.2, 0) is 24.3 Å². The van der Waals surface area contributed by atoms with E-state index in [1.165, 1.54) is 0 Å². The Morgan fingerprint density at radius 1 is 1.20 bits per heavy atom. The van der Waals surface area contributed by atoms with Gasteiger partial charge in [-0.3, -0.25) is 0 Å². The number of carboxylic acids is 1. The minimum atomic E-state index is -1.12. The molecule has 2 rings (SSSR count). The molecule has 1 aliphatic carbocycles. The Balaban J connectivity index is 1.96. The first-order valence-electron chi connectivity index (χ1n) is 5.10. The summed E-state index contributed by atoms with van der Waals surface area (Å²) in [6, 6.07) is 0. The van der Waals surface area contributed by atoms with E-state index in [1.54, 1.807) is 0 Å². The molecule has 1 N–H and O–H groups in total. The third-order valence-electron chi connectivity index (χ3n) is 2.64. The summed E-state index contributed by atoms with van der Waals surface area (Å²) in [7, 11) is 0. The van der Waals surface area contributed by atoms with Gasteiger partial charge in [0.1, 0.15) is 6.61 Å². The van der Waals surface area contributed by atoms with Gasteiger partial charge in [-0.2, -0.15) is 9.78 Å². The van der Waals surface area contributed by atoms with E-state index in [9.17, 15) is 4.79 Å². The van der Waals surface area contributed by atoms with Gasteiger partial charge in [-0.15, -0.1) is 0 Å². The maximum atomic E-state index is 10.6. The molecule has 1 saturated heterocycles. The Morgan fingerprint density at radius 2 is 1.93 bits per heavy atom. The summed E-state index contributed by atoms with van der Waals surface area (Å²) in [5.41, 5.74) is 0. The molecule has 15 heavy (non-hydrogen) atoms. The molecule has 0 bridgehead atoms. The largest absolute Gasteiger partial charge is 0.479 e. The van der Waals surface area contributed by atoms with Crippen LogP contribution in [0.1, 0.15) is 32.1 Å². The molecule has 0 amide bonds. The number of hydrogen-bond acceptors (Lipinski definition) is 5. The normalized spacial score (nSPS) is 31.1. The molecule has 2 aliphatic rings. The quantitative estimate of drug-likeness (QED) is 0.662. The van der Waals surface area contributed by atoms with Crippen molar-refractivity contribution in [1.82, 2.24) is 0 Å². The molecule has 6 nitrogen and oxygen atoms in total. The van der Waals surface area contributed by atoms with Crippen LogP contribution in [0.25, 0.3) is 0 Å². The second-order valence-corrected chi connectivity index (χ2v) is 3.85. The highest BCUT2D eigenvalue weighted by Gasteiger charge is 2.41. The summed E-state index contributed by atoms with van der Waals surface area (Å²) in [6.07, 6.45) is 3.26.